The fourth-order valence-electron chi connectivity index (χ4n) is 1.22. The number of hydrogen-bond donors (Lipinski definition) is 1. The van der Waals surface area contributed by atoms with Crippen LogP contribution in [-0.2, 0) is 0 Å². The first-order valence-electron chi connectivity index (χ1n) is 3.38. The molecule has 1 aliphatic rings. The van der Waals surface area contributed by atoms with E-state index in [4.69, 9.17) is 10.2 Å². The van der Waals surface area contributed by atoms with E-state index < -0.39 is 0 Å². The predicted octanol–water partition coefficient (Wildman–Crippen LogP) is 0.274. The van der Waals surface area contributed by atoms with E-state index in [0.29, 0.717) is 12.0 Å². The normalized spacial score (nSPS) is 31.7. The Morgan fingerprint density at radius 1 is 1.60 bits per heavy atom. The molecule has 0 saturated heterocycles. The van der Waals surface area contributed by atoms with Crippen molar-refractivity contribution < 1.29 is 4.42 Å². The van der Waals surface area contributed by atoms with Crippen molar-refractivity contribution in [2.75, 3.05) is 0 Å². The van der Waals surface area contributed by atoms with Crippen LogP contribution in [0.2, 0.25) is 0 Å². The number of aromatic nitrogens is 2. The first kappa shape index (κ1) is 5.85. The summed E-state index contributed by atoms with van der Waals surface area (Å²) >= 11 is 0. The number of hydrogen-bond acceptors (Lipinski definition) is 4. The highest BCUT2D eigenvalue weighted by atomic mass is 16.4. The zero-order chi connectivity index (χ0) is 6.97. The molecule has 0 bridgehead atoms. The Labute approximate surface area is 58.4 Å². The second-order valence-electron chi connectivity index (χ2n) is 2.71. The lowest BCUT2D eigenvalue weighted by Gasteiger charge is -2.28. The van der Waals surface area contributed by atoms with Crippen molar-refractivity contribution in [1.29, 1.82) is 0 Å². The zero-order valence-electron chi connectivity index (χ0n) is 5.53. The van der Waals surface area contributed by atoms with Gasteiger partial charge in [0.15, 0.2) is 0 Å². The monoisotopic (exact) mass is 139 g/mol. The smallest absolute Gasteiger partial charge is 0.219 e. The fraction of sp³-hybridized carbons (Fsp3) is 0.667. The van der Waals surface area contributed by atoms with Gasteiger partial charge in [0.05, 0.1) is 0 Å². The minimum atomic E-state index is 0.344. The molecule has 0 aliphatic heterocycles. The van der Waals surface area contributed by atoms with Crippen molar-refractivity contribution in [2.24, 2.45) is 5.73 Å². The van der Waals surface area contributed by atoms with E-state index >= 15 is 0 Å². The van der Waals surface area contributed by atoms with Crippen LogP contribution >= 0.6 is 0 Å². The van der Waals surface area contributed by atoms with Gasteiger partial charge in [-0.2, -0.15) is 0 Å². The Balaban J connectivity index is 2.04. The molecular weight excluding hydrogens is 130 g/mol. The van der Waals surface area contributed by atoms with Gasteiger partial charge in [0.25, 0.3) is 0 Å². The van der Waals surface area contributed by atoms with Crippen molar-refractivity contribution in [3.05, 3.63) is 12.3 Å². The highest BCUT2D eigenvalue weighted by molar-refractivity contribution is 4.99. The minimum absolute atomic E-state index is 0.344. The van der Waals surface area contributed by atoms with Crippen molar-refractivity contribution in [2.45, 2.75) is 24.8 Å². The summed E-state index contributed by atoms with van der Waals surface area (Å²) in [7, 11) is 0. The van der Waals surface area contributed by atoms with E-state index in [2.05, 4.69) is 10.2 Å². The van der Waals surface area contributed by atoms with Gasteiger partial charge in [-0.1, -0.05) is 0 Å². The van der Waals surface area contributed by atoms with Crippen molar-refractivity contribution in [3.8, 4) is 0 Å². The van der Waals surface area contributed by atoms with Crippen LogP contribution < -0.4 is 5.73 Å². The standard InChI is InChI=1S/C6H9N3O/c7-5-1-4(2-5)6-9-8-3-10-6/h3-5H,1-2,7H2/t4-,5+. The molecule has 1 aromatic rings. The Kier molecular flexibility index (Phi) is 1.20. The summed E-state index contributed by atoms with van der Waals surface area (Å²) in [5, 5.41) is 7.39. The number of nitrogens with zero attached hydrogens (tertiary/aromatic N) is 2. The summed E-state index contributed by atoms with van der Waals surface area (Å²) in [6.07, 6.45) is 3.34. The molecule has 54 valence electrons. The molecule has 0 amide bonds. The molecule has 1 aromatic heterocycles. The number of rotatable bonds is 1. The average Bonchev–Trinajstić information content (AvgIpc) is 2.31. The van der Waals surface area contributed by atoms with E-state index in [0.717, 1.165) is 18.7 Å². The summed E-state index contributed by atoms with van der Waals surface area (Å²) in [5.74, 6) is 1.17. The molecule has 2 rings (SSSR count). The third-order valence-corrected chi connectivity index (χ3v) is 1.90. The molecule has 0 aromatic carbocycles. The van der Waals surface area contributed by atoms with Gasteiger partial charge in [-0.15, -0.1) is 10.2 Å². The first-order chi connectivity index (χ1) is 4.86. The van der Waals surface area contributed by atoms with Gasteiger partial charge in [0.2, 0.25) is 12.3 Å². The topological polar surface area (TPSA) is 64.9 Å². The van der Waals surface area contributed by atoms with Crippen LogP contribution in [0.5, 0.6) is 0 Å². The summed E-state index contributed by atoms with van der Waals surface area (Å²) in [6, 6.07) is 0.344. The van der Waals surface area contributed by atoms with Crippen molar-refractivity contribution in [3.63, 3.8) is 0 Å². The molecule has 4 nitrogen and oxygen atoms in total. The molecule has 1 heterocycles. The van der Waals surface area contributed by atoms with Crippen LogP contribution in [-0.4, -0.2) is 16.2 Å². The van der Waals surface area contributed by atoms with Crippen molar-refractivity contribution in [1.82, 2.24) is 10.2 Å². The average molecular weight is 139 g/mol. The molecule has 0 atom stereocenters. The molecule has 2 N–H and O–H groups in total. The molecule has 1 saturated carbocycles. The largest absolute Gasteiger partial charge is 0.428 e. The maximum Gasteiger partial charge on any atom is 0.219 e. The van der Waals surface area contributed by atoms with E-state index in [1.165, 1.54) is 6.39 Å². The maximum absolute atomic E-state index is 5.59. The van der Waals surface area contributed by atoms with Gasteiger partial charge in [-0.25, -0.2) is 0 Å². The van der Waals surface area contributed by atoms with Crippen LogP contribution in [0.25, 0.3) is 0 Å². The zero-order valence-corrected chi connectivity index (χ0v) is 5.53. The molecule has 0 radical (unpaired) electrons. The Morgan fingerprint density at radius 3 is 2.90 bits per heavy atom. The fourth-order valence-corrected chi connectivity index (χ4v) is 1.22. The first-order valence-corrected chi connectivity index (χ1v) is 3.38. The minimum Gasteiger partial charge on any atom is -0.428 e. The van der Waals surface area contributed by atoms with Crippen molar-refractivity contribution >= 4 is 0 Å². The molecule has 1 fully saturated rings. The second-order valence-corrected chi connectivity index (χ2v) is 2.71. The molecular formula is C6H9N3O. The summed E-state index contributed by atoms with van der Waals surface area (Å²) in [5.41, 5.74) is 5.59. The van der Waals surface area contributed by atoms with E-state index in [1.54, 1.807) is 0 Å². The van der Waals surface area contributed by atoms with Crippen LogP contribution in [0.3, 0.4) is 0 Å². The highest BCUT2D eigenvalue weighted by Crippen LogP contribution is 2.33. The Bertz CT molecular complexity index is 203. The summed E-state index contributed by atoms with van der Waals surface area (Å²) in [4.78, 5) is 0. The van der Waals surface area contributed by atoms with Gasteiger partial charge < -0.3 is 10.2 Å². The highest BCUT2D eigenvalue weighted by Gasteiger charge is 2.30. The Hall–Kier alpha value is -0.900. The molecule has 0 spiro atoms. The molecule has 1 aliphatic carbocycles. The number of nitrogens with two attached hydrogens (primary N) is 1. The third-order valence-electron chi connectivity index (χ3n) is 1.90. The van der Waals surface area contributed by atoms with E-state index in [1.807, 2.05) is 0 Å². The molecule has 4 heteroatoms. The van der Waals surface area contributed by atoms with E-state index in [-0.39, 0.29) is 0 Å². The van der Waals surface area contributed by atoms with Gasteiger partial charge in [0, 0.05) is 12.0 Å². The van der Waals surface area contributed by atoms with Crippen LogP contribution in [0.15, 0.2) is 10.8 Å². The quantitative estimate of drug-likeness (QED) is 0.606. The van der Waals surface area contributed by atoms with Gasteiger partial charge >= 0.3 is 0 Å². The Morgan fingerprint density at radius 2 is 2.40 bits per heavy atom. The van der Waals surface area contributed by atoms with Gasteiger partial charge in [-0.05, 0) is 12.8 Å². The van der Waals surface area contributed by atoms with Gasteiger partial charge in [-0.3, -0.25) is 0 Å². The molecule has 10 heavy (non-hydrogen) atoms. The summed E-state index contributed by atoms with van der Waals surface area (Å²) in [6.45, 7) is 0. The predicted molar refractivity (Wildman–Crippen MR) is 34.2 cm³/mol. The summed E-state index contributed by atoms with van der Waals surface area (Å²) < 4.78 is 5.01. The second kappa shape index (κ2) is 2.05. The van der Waals surface area contributed by atoms with Gasteiger partial charge in [0.1, 0.15) is 0 Å². The molecule has 0 unspecified atom stereocenters. The lowest BCUT2D eigenvalue weighted by molar-refractivity contribution is 0.293. The lowest BCUT2D eigenvalue weighted by Crippen LogP contribution is -2.34. The van der Waals surface area contributed by atoms with E-state index in [9.17, 15) is 0 Å². The van der Waals surface area contributed by atoms with Crippen LogP contribution in [0.4, 0.5) is 0 Å². The SMILES string of the molecule is N[C@H]1C[C@@H](c2nnco2)C1. The lowest BCUT2D eigenvalue weighted by atomic mass is 9.81. The van der Waals surface area contributed by atoms with Crippen LogP contribution in [0, 0.1) is 0 Å². The maximum atomic E-state index is 5.59. The third kappa shape index (κ3) is 0.806. The van der Waals surface area contributed by atoms with Crippen LogP contribution in [0.1, 0.15) is 24.7 Å².